The maximum absolute atomic E-state index is 12.2. The van der Waals surface area contributed by atoms with Gasteiger partial charge in [0.2, 0.25) is 5.91 Å². The Labute approximate surface area is 117 Å². The van der Waals surface area contributed by atoms with Gasteiger partial charge < -0.3 is 10.0 Å². The Kier molecular flexibility index (Phi) is 2.84. The van der Waals surface area contributed by atoms with E-state index < -0.39 is 11.9 Å². The Morgan fingerprint density at radius 1 is 1.35 bits per heavy atom. The summed E-state index contributed by atoms with van der Waals surface area (Å²) in [7, 11) is 1.85. The van der Waals surface area contributed by atoms with Crippen LogP contribution in [-0.2, 0) is 16.6 Å². The van der Waals surface area contributed by atoms with Gasteiger partial charge in [-0.25, -0.2) is 0 Å². The molecule has 3 rings (SSSR count). The molecule has 1 saturated heterocycles. The molecule has 1 amide bonds. The van der Waals surface area contributed by atoms with Crippen molar-refractivity contribution in [1.29, 1.82) is 0 Å². The van der Waals surface area contributed by atoms with Crippen LogP contribution in [0.3, 0.4) is 0 Å². The lowest BCUT2D eigenvalue weighted by Gasteiger charge is -2.27. The molecule has 0 bridgehead atoms. The molecule has 6 heteroatoms. The van der Waals surface area contributed by atoms with E-state index in [1.807, 2.05) is 20.9 Å². The Bertz CT molecular complexity index is 589. The lowest BCUT2D eigenvalue weighted by Crippen LogP contribution is -2.33. The molecule has 2 fully saturated rings. The second-order valence-electron chi connectivity index (χ2n) is 5.83. The SMILES string of the molecule is Cc1nn(C)c(C)c1C1C(C(=O)O)CC(=O)N1C1CC1. The number of carboxylic acids is 1. The maximum Gasteiger partial charge on any atom is 0.309 e. The average molecular weight is 277 g/mol. The first-order valence-electron chi connectivity index (χ1n) is 6.96. The van der Waals surface area contributed by atoms with Crippen LogP contribution in [0.4, 0.5) is 0 Å². The largest absolute Gasteiger partial charge is 0.481 e. The summed E-state index contributed by atoms with van der Waals surface area (Å²) in [5.41, 5.74) is 2.68. The molecule has 1 saturated carbocycles. The van der Waals surface area contributed by atoms with Crippen molar-refractivity contribution in [2.45, 2.75) is 45.2 Å². The molecule has 1 N–H and O–H groups in total. The molecule has 0 radical (unpaired) electrons. The number of aryl methyl sites for hydroxylation is 2. The highest BCUT2D eigenvalue weighted by Gasteiger charge is 2.51. The summed E-state index contributed by atoms with van der Waals surface area (Å²) >= 11 is 0. The number of aromatic nitrogens is 2. The van der Waals surface area contributed by atoms with Gasteiger partial charge in [-0.1, -0.05) is 0 Å². The van der Waals surface area contributed by atoms with E-state index in [9.17, 15) is 14.7 Å². The monoisotopic (exact) mass is 277 g/mol. The van der Waals surface area contributed by atoms with E-state index in [1.165, 1.54) is 0 Å². The van der Waals surface area contributed by atoms with Crippen LogP contribution >= 0.6 is 0 Å². The molecule has 20 heavy (non-hydrogen) atoms. The number of likely N-dealkylation sites (tertiary alicyclic amines) is 1. The highest BCUT2D eigenvalue weighted by atomic mass is 16.4. The molecule has 0 aromatic carbocycles. The van der Waals surface area contributed by atoms with Crippen LogP contribution < -0.4 is 0 Å². The van der Waals surface area contributed by atoms with Gasteiger partial charge in [0.05, 0.1) is 17.7 Å². The molecular weight excluding hydrogens is 258 g/mol. The normalized spacial score (nSPS) is 26.4. The Morgan fingerprint density at radius 3 is 2.45 bits per heavy atom. The molecule has 6 nitrogen and oxygen atoms in total. The summed E-state index contributed by atoms with van der Waals surface area (Å²) in [6.45, 7) is 3.82. The first kappa shape index (κ1) is 13.1. The van der Waals surface area contributed by atoms with Gasteiger partial charge in [0, 0.05) is 30.8 Å². The standard InChI is InChI=1S/C14H19N3O3/c1-7-12(8(2)16(3)15-7)13-10(14(19)20)6-11(18)17(13)9-4-5-9/h9-10,13H,4-6H2,1-3H3,(H,19,20). The highest BCUT2D eigenvalue weighted by molar-refractivity contribution is 5.88. The van der Waals surface area contributed by atoms with Crippen molar-refractivity contribution in [3.63, 3.8) is 0 Å². The molecule has 1 aliphatic carbocycles. The van der Waals surface area contributed by atoms with E-state index in [2.05, 4.69) is 5.10 Å². The summed E-state index contributed by atoms with van der Waals surface area (Å²) in [4.78, 5) is 25.6. The third-order valence-electron chi connectivity index (χ3n) is 4.48. The smallest absolute Gasteiger partial charge is 0.309 e. The minimum absolute atomic E-state index is 0.0347. The lowest BCUT2D eigenvalue weighted by molar-refractivity contribution is -0.142. The number of amides is 1. The number of rotatable bonds is 3. The van der Waals surface area contributed by atoms with E-state index >= 15 is 0 Å². The van der Waals surface area contributed by atoms with Gasteiger partial charge in [0.1, 0.15) is 0 Å². The number of hydrogen-bond donors (Lipinski definition) is 1. The summed E-state index contributed by atoms with van der Waals surface area (Å²) in [6.07, 6.45) is 2.06. The number of carbonyl (C=O) groups is 2. The number of hydrogen-bond acceptors (Lipinski definition) is 3. The Hall–Kier alpha value is -1.85. The zero-order valence-electron chi connectivity index (χ0n) is 12.0. The highest BCUT2D eigenvalue weighted by Crippen LogP contribution is 2.46. The topological polar surface area (TPSA) is 75.4 Å². The van der Waals surface area contributed by atoms with Crippen LogP contribution in [0, 0.1) is 19.8 Å². The molecule has 2 heterocycles. The van der Waals surface area contributed by atoms with Crippen molar-refractivity contribution in [3.8, 4) is 0 Å². The van der Waals surface area contributed by atoms with Gasteiger partial charge in [-0.05, 0) is 26.7 Å². The average Bonchev–Trinajstić information content (AvgIpc) is 3.09. The summed E-state index contributed by atoms with van der Waals surface area (Å²) < 4.78 is 1.76. The van der Waals surface area contributed by atoms with Crippen LogP contribution in [0.5, 0.6) is 0 Å². The van der Waals surface area contributed by atoms with Crippen molar-refractivity contribution < 1.29 is 14.7 Å². The lowest BCUT2D eigenvalue weighted by atomic mass is 9.92. The third kappa shape index (κ3) is 1.82. The van der Waals surface area contributed by atoms with Crippen LogP contribution in [0.1, 0.15) is 42.3 Å². The predicted octanol–water partition coefficient (Wildman–Crippen LogP) is 1.17. The molecule has 1 aromatic heterocycles. The molecule has 0 spiro atoms. The Morgan fingerprint density at radius 2 is 2.00 bits per heavy atom. The van der Waals surface area contributed by atoms with Gasteiger partial charge in [0.25, 0.3) is 0 Å². The van der Waals surface area contributed by atoms with Gasteiger partial charge >= 0.3 is 5.97 Å². The van der Waals surface area contributed by atoms with Gasteiger partial charge in [0.15, 0.2) is 0 Å². The van der Waals surface area contributed by atoms with Crippen molar-refractivity contribution >= 4 is 11.9 Å². The second-order valence-corrected chi connectivity index (χ2v) is 5.83. The van der Waals surface area contributed by atoms with Gasteiger partial charge in [-0.2, -0.15) is 5.10 Å². The zero-order valence-corrected chi connectivity index (χ0v) is 12.0. The minimum atomic E-state index is -0.894. The van der Waals surface area contributed by atoms with E-state index in [1.54, 1.807) is 9.58 Å². The minimum Gasteiger partial charge on any atom is -0.481 e. The fourth-order valence-corrected chi connectivity index (χ4v) is 3.32. The van der Waals surface area contributed by atoms with Crippen molar-refractivity contribution in [2.75, 3.05) is 0 Å². The molecule has 108 valence electrons. The number of aliphatic carboxylic acids is 1. The number of nitrogens with zero attached hydrogens (tertiary/aromatic N) is 3. The first-order valence-corrected chi connectivity index (χ1v) is 6.96. The van der Waals surface area contributed by atoms with Crippen LogP contribution in [0.2, 0.25) is 0 Å². The molecule has 2 atom stereocenters. The zero-order chi connectivity index (χ0) is 14.6. The van der Waals surface area contributed by atoms with Gasteiger partial charge in [-0.15, -0.1) is 0 Å². The maximum atomic E-state index is 12.2. The summed E-state index contributed by atoms with van der Waals surface area (Å²) in [6, 6.07) is -0.142. The molecule has 1 aliphatic heterocycles. The van der Waals surface area contributed by atoms with E-state index in [-0.39, 0.29) is 24.4 Å². The van der Waals surface area contributed by atoms with Crippen molar-refractivity contribution in [2.24, 2.45) is 13.0 Å². The third-order valence-corrected chi connectivity index (χ3v) is 4.48. The predicted molar refractivity (Wildman–Crippen MR) is 71.0 cm³/mol. The van der Waals surface area contributed by atoms with Crippen molar-refractivity contribution in [3.05, 3.63) is 17.0 Å². The first-order chi connectivity index (χ1) is 9.41. The second kappa shape index (κ2) is 4.33. The molecule has 2 aliphatic rings. The van der Waals surface area contributed by atoms with Crippen LogP contribution in [-0.4, -0.2) is 37.7 Å². The number of carboxylic acid groups (broad SMARTS) is 1. The van der Waals surface area contributed by atoms with Gasteiger partial charge in [-0.3, -0.25) is 14.3 Å². The quantitative estimate of drug-likeness (QED) is 0.900. The van der Waals surface area contributed by atoms with Crippen molar-refractivity contribution in [1.82, 2.24) is 14.7 Å². The van der Waals surface area contributed by atoms with Crippen LogP contribution in [0.15, 0.2) is 0 Å². The van der Waals surface area contributed by atoms with E-state index in [0.29, 0.717) is 0 Å². The Balaban J connectivity index is 2.10. The molecule has 1 aromatic rings. The fraction of sp³-hybridized carbons (Fsp3) is 0.643. The number of carbonyl (C=O) groups excluding carboxylic acids is 1. The van der Waals surface area contributed by atoms with E-state index in [4.69, 9.17) is 0 Å². The summed E-state index contributed by atoms with van der Waals surface area (Å²) in [5.74, 6) is -1.59. The summed E-state index contributed by atoms with van der Waals surface area (Å²) in [5, 5.41) is 13.8. The fourth-order valence-electron chi connectivity index (χ4n) is 3.32. The van der Waals surface area contributed by atoms with Crippen LogP contribution in [0.25, 0.3) is 0 Å². The molecule has 2 unspecified atom stereocenters. The molecular formula is C14H19N3O3. The van der Waals surface area contributed by atoms with E-state index in [0.717, 1.165) is 29.8 Å².